The number of hydrogen-bond acceptors (Lipinski definition) is 3. The number of hydrogen-bond donors (Lipinski definition) is 1. The van der Waals surface area contributed by atoms with Crippen molar-refractivity contribution >= 4 is 11.0 Å². The molecule has 0 radical (unpaired) electrons. The van der Waals surface area contributed by atoms with Crippen LogP contribution in [0.2, 0.25) is 0 Å². The minimum atomic E-state index is -0.510. The predicted octanol–water partition coefficient (Wildman–Crippen LogP) is 2.07. The Kier molecular flexibility index (Phi) is 3.94. The van der Waals surface area contributed by atoms with Crippen LogP contribution in [0.5, 0.6) is 5.75 Å². The van der Waals surface area contributed by atoms with Crippen molar-refractivity contribution in [2.45, 2.75) is 6.92 Å². The first-order chi connectivity index (χ1) is 6.74. The third kappa shape index (κ3) is 2.08. The van der Waals surface area contributed by atoms with Crippen molar-refractivity contribution in [2.24, 2.45) is 0 Å². The molecule has 2 rings (SSSR count). The fourth-order valence-corrected chi connectivity index (χ4v) is 1.40. The molecule has 2 aromatic rings. The van der Waals surface area contributed by atoms with Crippen molar-refractivity contribution < 1.29 is 42.2 Å². The molecule has 1 aromatic carbocycles. The van der Waals surface area contributed by atoms with E-state index < -0.39 is 5.63 Å². The Bertz CT molecular complexity index is 531. The topological polar surface area (TPSA) is 50.4 Å². The van der Waals surface area contributed by atoms with Gasteiger partial charge in [0.2, 0.25) is 5.63 Å². The largest absolute Gasteiger partial charge is 3.00 e. The van der Waals surface area contributed by atoms with Crippen LogP contribution >= 0.6 is 0 Å². The molecular weight excluding hydrogens is 269 g/mol. The first-order valence-electron chi connectivity index (χ1n) is 4.28. The summed E-state index contributed by atoms with van der Waals surface area (Å²) in [5, 5.41) is 10.3. The number of para-hydroxylation sites is 1. The second-order valence-electron chi connectivity index (χ2n) is 2.94. The summed E-state index contributed by atoms with van der Waals surface area (Å²) < 4.78 is 5.02. The molecule has 0 atom stereocenters. The Morgan fingerprint density at radius 1 is 1.33 bits per heavy atom. The van der Waals surface area contributed by atoms with E-state index in [1.807, 2.05) is 0 Å². The summed E-state index contributed by atoms with van der Waals surface area (Å²) in [6.45, 7) is 1.68. The van der Waals surface area contributed by atoms with Gasteiger partial charge < -0.3 is 14.3 Å². The molecule has 0 amide bonds. The molecule has 0 saturated heterocycles. The van der Waals surface area contributed by atoms with Crippen molar-refractivity contribution in [1.82, 2.24) is 0 Å². The Morgan fingerprint density at radius 2 is 2.00 bits per heavy atom. The van der Waals surface area contributed by atoms with Gasteiger partial charge in [-0.05, 0) is 6.07 Å². The molecule has 0 unspecified atom stereocenters. The second kappa shape index (κ2) is 4.82. The van der Waals surface area contributed by atoms with Gasteiger partial charge in [0.15, 0.2) is 0 Å². The van der Waals surface area contributed by atoms with Gasteiger partial charge in [-0.25, -0.2) is 0 Å². The Hall–Kier alpha value is -0.796. The molecule has 1 heterocycles. The molecule has 0 aliphatic heterocycles. The van der Waals surface area contributed by atoms with Crippen molar-refractivity contribution in [2.75, 3.05) is 0 Å². The molecule has 0 fully saturated rings. The van der Waals surface area contributed by atoms with Crippen LogP contribution in [0, 0.1) is 6.42 Å². The van der Waals surface area contributed by atoms with Crippen LogP contribution in [0.15, 0.2) is 33.5 Å². The van der Waals surface area contributed by atoms with Crippen LogP contribution in [0.25, 0.3) is 11.0 Å². The molecule has 0 bridgehead atoms. The van der Waals surface area contributed by atoms with Crippen molar-refractivity contribution in [3.63, 3.8) is 0 Å². The van der Waals surface area contributed by atoms with Crippen LogP contribution in [-0.4, -0.2) is 5.11 Å². The second-order valence-corrected chi connectivity index (χ2v) is 2.94. The predicted molar refractivity (Wildman–Crippen MR) is 53.2 cm³/mol. The maximum Gasteiger partial charge on any atom is 3.00 e. The van der Waals surface area contributed by atoms with E-state index in [9.17, 15) is 9.90 Å². The van der Waals surface area contributed by atoms with E-state index in [1.54, 1.807) is 31.2 Å². The quantitative estimate of drug-likeness (QED) is 0.641. The van der Waals surface area contributed by atoms with E-state index >= 15 is 0 Å². The summed E-state index contributed by atoms with van der Waals surface area (Å²) >= 11 is 0. The van der Waals surface area contributed by atoms with Gasteiger partial charge in [0.1, 0.15) is 5.58 Å². The molecule has 4 heteroatoms. The first kappa shape index (κ1) is 12.3. The standard InChI is InChI=1S/C11H9O3.Y/c1-2-7-10(12)8-5-3-4-6-9(8)14-11(7)13;/h2-6,12H,1H3;/q-1;+3. The van der Waals surface area contributed by atoms with Crippen LogP contribution in [0.3, 0.4) is 0 Å². The van der Waals surface area contributed by atoms with Crippen LogP contribution in [0.4, 0.5) is 0 Å². The fourth-order valence-electron chi connectivity index (χ4n) is 1.40. The molecule has 0 saturated carbocycles. The SMILES string of the molecule is C[CH-]c1c(O)c2ccccc2oc1=O.[Y+3]. The summed E-state index contributed by atoms with van der Waals surface area (Å²) in [7, 11) is 0. The minimum absolute atomic E-state index is 0. The zero-order valence-electron chi connectivity index (χ0n) is 8.23. The van der Waals surface area contributed by atoms with Gasteiger partial charge in [0.05, 0.1) is 0 Å². The number of rotatable bonds is 1. The summed E-state index contributed by atoms with van der Waals surface area (Å²) in [4.78, 5) is 11.3. The van der Waals surface area contributed by atoms with Crippen molar-refractivity contribution in [1.29, 1.82) is 0 Å². The number of fused-ring (bicyclic) bond motifs is 1. The van der Waals surface area contributed by atoms with E-state index in [2.05, 4.69) is 0 Å². The van der Waals surface area contributed by atoms with Gasteiger partial charge in [0, 0.05) is 11.1 Å². The molecular formula is C11H9O3Y+2. The van der Waals surface area contributed by atoms with Crippen molar-refractivity contribution in [3.8, 4) is 5.75 Å². The van der Waals surface area contributed by atoms with Crippen LogP contribution < -0.4 is 5.63 Å². The summed E-state index contributed by atoms with van der Waals surface area (Å²) in [6, 6.07) is 6.89. The van der Waals surface area contributed by atoms with Gasteiger partial charge >= 0.3 is 32.7 Å². The third-order valence-corrected chi connectivity index (χ3v) is 2.11. The van der Waals surface area contributed by atoms with E-state index in [1.165, 1.54) is 6.42 Å². The molecule has 0 aliphatic rings. The van der Waals surface area contributed by atoms with Crippen LogP contribution in [0.1, 0.15) is 12.5 Å². The first-order valence-corrected chi connectivity index (χ1v) is 4.28. The van der Waals surface area contributed by atoms with Gasteiger partial charge in [-0.15, -0.1) is 0 Å². The molecule has 1 aromatic heterocycles. The maximum atomic E-state index is 11.3. The Labute approximate surface area is 112 Å². The average Bonchev–Trinajstić information content (AvgIpc) is 2.18. The molecule has 1 N–H and O–H groups in total. The smallest absolute Gasteiger partial charge is 0.564 e. The minimum Gasteiger partial charge on any atom is -0.564 e. The third-order valence-electron chi connectivity index (χ3n) is 2.11. The summed E-state index contributed by atoms with van der Waals surface area (Å²) in [6.07, 6.45) is 1.54. The number of aromatic hydroxyl groups is 1. The number of benzene rings is 1. The Morgan fingerprint density at radius 3 is 2.67 bits per heavy atom. The van der Waals surface area contributed by atoms with Gasteiger partial charge in [0.25, 0.3) is 0 Å². The normalized spacial score (nSPS) is 9.67. The average molecular weight is 278 g/mol. The van der Waals surface area contributed by atoms with E-state index in [4.69, 9.17) is 4.42 Å². The van der Waals surface area contributed by atoms with E-state index in [-0.39, 0.29) is 44.0 Å². The molecule has 0 aliphatic carbocycles. The molecule has 3 nitrogen and oxygen atoms in total. The zero-order chi connectivity index (χ0) is 10.1. The zero-order valence-corrected chi connectivity index (χ0v) is 11.1. The fraction of sp³-hybridized carbons (Fsp3) is 0.0909. The molecule has 15 heavy (non-hydrogen) atoms. The van der Waals surface area contributed by atoms with Gasteiger partial charge in [-0.2, -0.15) is 6.42 Å². The van der Waals surface area contributed by atoms with E-state index in [0.29, 0.717) is 11.0 Å². The van der Waals surface area contributed by atoms with Gasteiger partial charge in [-0.3, -0.25) is 0 Å². The van der Waals surface area contributed by atoms with Crippen LogP contribution in [-0.2, 0) is 32.7 Å². The van der Waals surface area contributed by atoms with Crippen molar-refractivity contribution in [3.05, 3.63) is 46.7 Å². The monoisotopic (exact) mass is 278 g/mol. The Balaban J connectivity index is 0.00000112. The molecule has 72 valence electrons. The van der Waals surface area contributed by atoms with Gasteiger partial charge in [-0.1, -0.05) is 30.7 Å². The summed E-state index contributed by atoms with van der Waals surface area (Å²) in [5.41, 5.74) is 0.105. The maximum absolute atomic E-state index is 11.3. The van der Waals surface area contributed by atoms with E-state index in [0.717, 1.165) is 0 Å². The molecule has 0 spiro atoms. The summed E-state index contributed by atoms with van der Waals surface area (Å²) in [5.74, 6) is -0.0145.